The van der Waals surface area contributed by atoms with E-state index in [0.29, 0.717) is 24.2 Å². The molecule has 0 aromatic heterocycles. The van der Waals surface area contributed by atoms with E-state index in [1.54, 1.807) is 24.3 Å². The number of ether oxygens (including phenoxy) is 1. The molecule has 2 atom stereocenters. The molecule has 0 spiro atoms. The van der Waals surface area contributed by atoms with E-state index < -0.39 is 10.0 Å². The van der Waals surface area contributed by atoms with Crippen LogP contribution in [0.2, 0.25) is 0 Å². The highest BCUT2D eigenvalue weighted by Crippen LogP contribution is 2.16. The molecule has 2 unspecified atom stereocenters. The van der Waals surface area contributed by atoms with Crippen LogP contribution in [-0.4, -0.2) is 32.2 Å². The Labute approximate surface area is 124 Å². The van der Waals surface area contributed by atoms with E-state index in [2.05, 4.69) is 4.72 Å². The van der Waals surface area contributed by atoms with E-state index in [1.165, 1.54) is 0 Å². The van der Waals surface area contributed by atoms with Crippen molar-refractivity contribution in [1.29, 1.82) is 0 Å². The maximum absolute atomic E-state index is 12.2. The first-order valence-corrected chi connectivity index (χ1v) is 8.44. The van der Waals surface area contributed by atoms with Crippen LogP contribution in [0.5, 0.6) is 0 Å². The van der Waals surface area contributed by atoms with Crippen molar-refractivity contribution in [3.05, 3.63) is 35.4 Å². The third kappa shape index (κ3) is 3.76. The summed E-state index contributed by atoms with van der Waals surface area (Å²) in [4.78, 5) is 0.202. The van der Waals surface area contributed by atoms with Crippen molar-refractivity contribution in [2.24, 2.45) is 5.73 Å². The van der Waals surface area contributed by atoms with Crippen molar-refractivity contribution >= 4 is 27.2 Å². The fourth-order valence-electron chi connectivity index (χ4n) is 2.25. The second-order valence-corrected chi connectivity index (χ2v) is 7.06. The first-order chi connectivity index (χ1) is 9.39. The fourth-order valence-corrected chi connectivity index (χ4v) is 3.96. The lowest BCUT2D eigenvalue weighted by molar-refractivity contribution is 0.117. The number of nitrogens with one attached hydrogen (secondary N) is 1. The number of nitrogens with two attached hydrogens (primary N) is 1. The largest absolute Gasteiger partial charge is 0.389 e. The maximum atomic E-state index is 12.2. The van der Waals surface area contributed by atoms with Gasteiger partial charge in [-0.25, -0.2) is 13.1 Å². The molecule has 1 aliphatic heterocycles. The van der Waals surface area contributed by atoms with Crippen LogP contribution in [0.15, 0.2) is 24.3 Å². The lowest BCUT2D eigenvalue weighted by Gasteiger charge is -2.17. The van der Waals surface area contributed by atoms with Gasteiger partial charge in [0.25, 0.3) is 0 Å². The highest BCUT2D eigenvalue weighted by Gasteiger charge is 2.28. The Morgan fingerprint density at radius 2 is 2.20 bits per heavy atom. The van der Waals surface area contributed by atoms with E-state index in [4.69, 9.17) is 22.7 Å². The minimum absolute atomic E-state index is 0.101. The molecule has 1 heterocycles. The molecule has 1 fully saturated rings. The smallest absolute Gasteiger partial charge is 0.216 e. The number of benzene rings is 1. The summed E-state index contributed by atoms with van der Waals surface area (Å²) in [6.45, 7) is 2.45. The van der Waals surface area contributed by atoms with Gasteiger partial charge in [-0.1, -0.05) is 36.5 Å². The Balaban J connectivity index is 2.14. The molecule has 1 aromatic rings. The van der Waals surface area contributed by atoms with Gasteiger partial charge in [0.15, 0.2) is 0 Å². The summed E-state index contributed by atoms with van der Waals surface area (Å²) in [6, 6.07) is 6.84. The van der Waals surface area contributed by atoms with Gasteiger partial charge >= 0.3 is 0 Å². The molecule has 1 aromatic carbocycles. The molecular weight excluding hydrogens is 296 g/mol. The fraction of sp³-hybridized carbons (Fsp3) is 0.462. The molecule has 0 radical (unpaired) electrons. The minimum Gasteiger partial charge on any atom is -0.389 e. The minimum atomic E-state index is -3.45. The Hall–Kier alpha value is -1.02. The second-order valence-electron chi connectivity index (χ2n) is 4.87. The zero-order valence-corrected chi connectivity index (χ0v) is 12.8. The summed E-state index contributed by atoms with van der Waals surface area (Å²) in [5.41, 5.74) is 6.83. The summed E-state index contributed by atoms with van der Waals surface area (Å²) in [7, 11) is -3.45. The van der Waals surface area contributed by atoms with Gasteiger partial charge < -0.3 is 10.5 Å². The molecule has 0 bridgehead atoms. The molecule has 2 rings (SSSR count). The van der Waals surface area contributed by atoms with E-state index in [9.17, 15) is 8.42 Å². The predicted molar refractivity (Wildman–Crippen MR) is 81.9 cm³/mol. The SMILES string of the molecule is CC1OCCC1NS(=O)(=O)Cc1ccccc1C(N)=S. The van der Waals surface area contributed by atoms with E-state index in [0.717, 1.165) is 0 Å². The molecule has 3 N–H and O–H groups in total. The average Bonchev–Trinajstić information content (AvgIpc) is 2.74. The molecule has 7 heteroatoms. The number of hydrogen-bond acceptors (Lipinski definition) is 4. The topological polar surface area (TPSA) is 81.4 Å². The lowest BCUT2D eigenvalue weighted by atomic mass is 10.1. The van der Waals surface area contributed by atoms with Crippen molar-refractivity contribution in [3.63, 3.8) is 0 Å². The van der Waals surface area contributed by atoms with Crippen LogP contribution < -0.4 is 10.5 Å². The molecule has 0 aliphatic carbocycles. The number of sulfonamides is 1. The standard InChI is InChI=1S/C13H18N2O3S2/c1-9-12(6-7-18-9)15-20(16,17)8-10-4-2-3-5-11(10)13(14)19/h2-5,9,12,15H,6-8H2,1H3,(H2,14,19). The zero-order valence-electron chi connectivity index (χ0n) is 11.2. The third-order valence-corrected chi connectivity index (χ3v) is 4.91. The van der Waals surface area contributed by atoms with Crippen molar-refractivity contribution in [1.82, 2.24) is 4.72 Å². The molecule has 0 saturated carbocycles. The van der Waals surface area contributed by atoms with Gasteiger partial charge in [-0.15, -0.1) is 0 Å². The molecular formula is C13H18N2O3S2. The predicted octanol–water partition coefficient (Wildman–Crippen LogP) is 0.918. The molecule has 1 saturated heterocycles. The summed E-state index contributed by atoms with van der Waals surface area (Å²) in [5, 5.41) is 0. The average molecular weight is 314 g/mol. The highest BCUT2D eigenvalue weighted by atomic mass is 32.2. The van der Waals surface area contributed by atoms with Gasteiger partial charge in [0.05, 0.1) is 11.9 Å². The van der Waals surface area contributed by atoms with E-state index >= 15 is 0 Å². The van der Waals surface area contributed by atoms with E-state index in [1.807, 2.05) is 6.92 Å². The zero-order chi connectivity index (χ0) is 14.8. The highest BCUT2D eigenvalue weighted by molar-refractivity contribution is 7.88. The molecule has 5 nitrogen and oxygen atoms in total. The van der Waals surface area contributed by atoms with Crippen LogP contribution in [0.4, 0.5) is 0 Å². The van der Waals surface area contributed by atoms with Gasteiger partial charge in [-0.05, 0) is 18.9 Å². The van der Waals surface area contributed by atoms with Crippen LogP contribution in [0, 0.1) is 0 Å². The Kier molecular flexibility index (Phi) is 4.74. The van der Waals surface area contributed by atoms with Crippen LogP contribution in [0.25, 0.3) is 0 Å². The quantitative estimate of drug-likeness (QED) is 0.790. The van der Waals surface area contributed by atoms with Gasteiger partial charge in [-0.3, -0.25) is 0 Å². The van der Waals surface area contributed by atoms with E-state index in [-0.39, 0.29) is 22.9 Å². The first kappa shape index (κ1) is 15.4. The Morgan fingerprint density at radius 3 is 2.80 bits per heavy atom. The molecule has 1 aliphatic rings. The van der Waals surface area contributed by atoms with Gasteiger partial charge in [0.2, 0.25) is 10.0 Å². The van der Waals surface area contributed by atoms with Crippen LogP contribution in [0.1, 0.15) is 24.5 Å². The van der Waals surface area contributed by atoms with Crippen LogP contribution >= 0.6 is 12.2 Å². The van der Waals surface area contributed by atoms with Gasteiger partial charge in [-0.2, -0.15) is 0 Å². The monoisotopic (exact) mass is 314 g/mol. The van der Waals surface area contributed by atoms with Crippen molar-refractivity contribution in [2.45, 2.75) is 31.2 Å². The number of thiocarbonyl (C=S) groups is 1. The number of hydrogen-bond donors (Lipinski definition) is 2. The van der Waals surface area contributed by atoms with Crippen molar-refractivity contribution in [3.8, 4) is 0 Å². The van der Waals surface area contributed by atoms with Crippen LogP contribution in [0.3, 0.4) is 0 Å². The molecule has 0 amide bonds. The Morgan fingerprint density at radius 1 is 1.50 bits per heavy atom. The summed E-state index contributed by atoms with van der Waals surface area (Å²) >= 11 is 4.94. The molecule has 110 valence electrons. The normalized spacial score (nSPS) is 22.9. The number of rotatable bonds is 5. The third-order valence-electron chi connectivity index (χ3n) is 3.34. The van der Waals surface area contributed by atoms with Gasteiger partial charge in [0, 0.05) is 18.2 Å². The van der Waals surface area contributed by atoms with Gasteiger partial charge in [0.1, 0.15) is 4.99 Å². The summed E-state index contributed by atoms with van der Waals surface area (Å²) in [5.74, 6) is -0.135. The lowest BCUT2D eigenvalue weighted by Crippen LogP contribution is -2.39. The Bertz CT molecular complexity index is 601. The summed E-state index contributed by atoms with van der Waals surface area (Å²) < 4.78 is 32.5. The van der Waals surface area contributed by atoms with Crippen molar-refractivity contribution in [2.75, 3.05) is 6.61 Å². The second kappa shape index (κ2) is 6.17. The maximum Gasteiger partial charge on any atom is 0.216 e. The first-order valence-electron chi connectivity index (χ1n) is 6.38. The summed E-state index contributed by atoms with van der Waals surface area (Å²) in [6.07, 6.45) is 0.591. The van der Waals surface area contributed by atoms with Crippen molar-refractivity contribution < 1.29 is 13.2 Å². The van der Waals surface area contributed by atoms with Crippen LogP contribution in [-0.2, 0) is 20.5 Å². The molecule has 20 heavy (non-hydrogen) atoms.